The summed E-state index contributed by atoms with van der Waals surface area (Å²) in [5.74, 6) is 0.0631. The lowest BCUT2D eigenvalue weighted by molar-refractivity contribution is -0.167. The second-order valence-electron chi connectivity index (χ2n) is 18.8. The van der Waals surface area contributed by atoms with Gasteiger partial charge in [0.05, 0.1) is 0 Å². The van der Waals surface area contributed by atoms with Gasteiger partial charge in [0.1, 0.15) is 13.2 Å². The van der Waals surface area contributed by atoms with Gasteiger partial charge in [0.15, 0.2) is 6.10 Å². The number of hydrogen-bond acceptors (Lipinski definition) is 6. The minimum Gasteiger partial charge on any atom is -0.462 e. The van der Waals surface area contributed by atoms with E-state index in [-0.39, 0.29) is 31.1 Å². The molecule has 0 spiro atoms. The van der Waals surface area contributed by atoms with E-state index in [1.165, 1.54) is 199 Å². The van der Waals surface area contributed by atoms with Crippen LogP contribution in [0.4, 0.5) is 0 Å². The second-order valence-corrected chi connectivity index (χ2v) is 18.8. The van der Waals surface area contributed by atoms with Gasteiger partial charge in [-0.15, -0.1) is 0 Å². The fourth-order valence-corrected chi connectivity index (χ4v) is 8.19. The van der Waals surface area contributed by atoms with Gasteiger partial charge in [-0.25, -0.2) is 0 Å². The first-order valence-electron chi connectivity index (χ1n) is 26.9. The molecule has 0 N–H and O–H groups in total. The Morgan fingerprint density at radius 3 is 0.867 bits per heavy atom. The van der Waals surface area contributed by atoms with Crippen LogP contribution in [0.15, 0.2) is 0 Å². The molecule has 0 aromatic rings. The number of hydrogen-bond donors (Lipinski definition) is 0. The maximum Gasteiger partial charge on any atom is 0.306 e. The van der Waals surface area contributed by atoms with Gasteiger partial charge in [-0.2, -0.15) is 0 Å². The lowest BCUT2D eigenvalue weighted by Gasteiger charge is -2.18. The summed E-state index contributed by atoms with van der Waals surface area (Å²) in [7, 11) is 0. The molecule has 6 nitrogen and oxygen atoms in total. The maximum atomic E-state index is 12.8. The zero-order valence-electron chi connectivity index (χ0n) is 40.9. The van der Waals surface area contributed by atoms with Gasteiger partial charge >= 0.3 is 17.9 Å². The molecule has 0 saturated heterocycles. The molecule has 0 heterocycles. The third-order valence-electron chi connectivity index (χ3n) is 12.7. The van der Waals surface area contributed by atoms with Gasteiger partial charge in [0.25, 0.3) is 0 Å². The van der Waals surface area contributed by atoms with Gasteiger partial charge < -0.3 is 14.2 Å². The topological polar surface area (TPSA) is 78.9 Å². The number of carbonyl (C=O) groups is 3. The molecule has 0 rings (SSSR count). The van der Waals surface area contributed by atoms with Crippen molar-refractivity contribution in [2.45, 2.75) is 310 Å². The maximum absolute atomic E-state index is 12.8. The highest BCUT2D eigenvalue weighted by Crippen LogP contribution is 2.18. The molecule has 0 aliphatic heterocycles. The molecule has 1 unspecified atom stereocenters. The molecular weight excluding hydrogens is 745 g/mol. The smallest absolute Gasteiger partial charge is 0.306 e. The number of carbonyl (C=O) groups excluding carboxylic acids is 3. The van der Waals surface area contributed by atoms with Gasteiger partial charge in [0.2, 0.25) is 0 Å². The Bertz CT molecular complexity index is 905. The van der Waals surface area contributed by atoms with E-state index < -0.39 is 6.10 Å². The molecule has 6 heteroatoms. The Balaban J connectivity index is 4.17. The number of rotatable bonds is 49. The Labute approximate surface area is 374 Å². The van der Waals surface area contributed by atoms with Crippen molar-refractivity contribution in [1.82, 2.24) is 0 Å². The van der Waals surface area contributed by atoms with Crippen LogP contribution in [0.25, 0.3) is 0 Å². The first-order chi connectivity index (χ1) is 29.4. The van der Waals surface area contributed by atoms with Crippen molar-refractivity contribution in [3.05, 3.63) is 0 Å². The van der Waals surface area contributed by atoms with E-state index in [1.807, 2.05) is 0 Å². The third kappa shape index (κ3) is 45.9. The highest BCUT2D eigenvalue weighted by Gasteiger charge is 2.19. The zero-order valence-corrected chi connectivity index (χ0v) is 40.9. The van der Waals surface area contributed by atoms with Crippen LogP contribution in [0, 0.1) is 5.92 Å². The average molecular weight is 849 g/mol. The summed E-state index contributed by atoms with van der Waals surface area (Å²) in [4.78, 5) is 37.8. The zero-order chi connectivity index (χ0) is 43.8. The minimum atomic E-state index is -0.759. The van der Waals surface area contributed by atoms with Gasteiger partial charge in [-0.3, -0.25) is 14.4 Å². The molecule has 0 amide bonds. The summed E-state index contributed by atoms with van der Waals surface area (Å²) in [6.45, 7) is 9.06. The average Bonchev–Trinajstić information content (AvgIpc) is 3.25. The second kappa shape index (κ2) is 48.4. The lowest BCUT2D eigenvalue weighted by atomic mass is 9.99. The van der Waals surface area contributed by atoms with E-state index in [1.54, 1.807) is 0 Å². The minimum absolute atomic E-state index is 0.0628. The molecule has 0 aromatic carbocycles. The highest BCUT2D eigenvalue weighted by atomic mass is 16.6. The van der Waals surface area contributed by atoms with Crippen LogP contribution < -0.4 is 0 Å². The molecule has 0 saturated carbocycles. The van der Waals surface area contributed by atoms with Crippen molar-refractivity contribution >= 4 is 17.9 Å². The van der Waals surface area contributed by atoms with E-state index in [0.29, 0.717) is 19.3 Å². The third-order valence-corrected chi connectivity index (χ3v) is 12.7. The van der Waals surface area contributed by atoms with E-state index >= 15 is 0 Å². The predicted octanol–water partition coefficient (Wildman–Crippen LogP) is 17.5. The summed E-state index contributed by atoms with van der Waals surface area (Å²) in [6, 6.07) is 0. The van der Waals surface area contributed by atoms with Crippen LogP contribution in [0.5, 0.6) is 0 Å². The summed E-state index contributed by atoms with van der Waals surface area (Å²) in [6.07, 6.45) is 50.9. The first kappa shape index (κ1) is 58.4. The van der Waals surface area contributed by atoms with Gasteiger partial charge in [-0.1, -0.05) is 265 Å². The Morgan fingerprint density at radius 1 is 0.333 bits per heavy atom. The van der Waals surface area contributed by atoms with Crippen LogP contribution in [0.1, 0.15) is 304 Å². The Kier molecular flexibility index (Phi) is 47.2. The number of ether oxygens (including phenoxy) is 3. The fraction of sp³-hybridized carbons (Fsp3) is 0.944. The van der Waals surface area contributed by atoms with Crippen molar-refractivity contribution in [2.75, 3.05) is 13.2 Å². The van der Waals surface area contributed by atoms with Crippen molar-refractivity contribution in [1.29, 1.82) is 0 Å². The van der Waals surface area contributed by atoms with Gasteiger partial charge in [-0.05, 0) is 25.2 Å². The van der Waals surface area contributed by atoms with E-state index in [9.17, 15) is 14.4 Å². The van der Waals surface area contributed by atoms with Crippen LogP contribution in [-0.4, -0.2) is 37.2 Å². The standard InChI is InChI=1S/C54H104O6/c1-5-8-10-12-14-16-25-30-34-38-42-46-53(56)59-49-51(48-58-52(55)45-41-37-33-28-15-13-11-9-6-2)60-54(57)47-43-39-35-31-27-24-22-20-18-17-19-21-23-26-29-32-36-40-44-50(4)7-3/h50-51H,5-49H2,1-4H3/t50?,51-/m0/s1. The molecule has 0 aromatic heterocycles. The van der Waals surface area contributed by atoms with Crippen LogP contribution in [0.3, 0.4) is 0 Å². The van der Waals surface area contributed by atoms with E-state index in [2.05, 4.69) is 27.7 Å². The summed E-state index contributed by atoms with van der Waals surface area (Å²) >= 11 is 0. The molecule has 356 valence electrons. The molecule has 0 bridgehead atoms. The first-order valence-corrected chi connectivity index (χ1v) is 26.9. The largest absolute Gasteiger partial charge is 0.462 e. The SMILES string of the molecule is CCCCCCCCCCCCCC(=O)OC[C@H](COC(=O)CCCCCCCCCCC)OC(=O)CCCCCCCCCCCCCCCCCCCCC(C)CC. The summed E-state index contributed by atoms with van der Waals surface area (Å²) in [5.41, 5.74) is 0. The molecule has 2 atom stereocenters. The van der Waals surface area contributed by atoms with Crippen LogP contribution in [0.2, 0.25) is 0 Å². The van der Waals surface area contributed by atoms with Gasteiger partial charge in [0, 0.05) is 19.3 Å². The van der Waals surface area contributed by atoms with Crippen molar-refractivity contribution < 1.29 is 28.6 Å². The van der Waals surface area contributed by atoms with E-state index in [4.69, 9.17) is 14.2 Å². The van der Waals surface area contributed by atoms with Crippen LogP contribution >= 0.6 is 0 Å². The van der Waals surface area contributed by atoms with Crippen molar-refractivity contribution in [3.8, 4) is 0 Å². The predicted molar refractivity (Wildman–Crippen MR) is 257 cm³/mol. The lowest BCUT2D eigenvalue weighted by Crippen LogP contribution is -2.30. The molecule has 0 radical (unpaired) electrons. The Morgan fingerprint density at radius 2 is 0.583 bits per heavy atom. The molecule has 0 aliphatic rings. The normalized spacial score (nSPS) is 12.4. The molecule has 60 heavy (non-hydrogen) atoms. The highest BCUT2D eigenvalue weighted by molar-refractivity contribution is 5.71. The summed E-state index contributed by atoms with van der Waals surface area (Å²) in [5, 5.41) is 0. The quantitative estimate of drug-likeness (QED) is 0.0345. The molecule has 0 aliphatic carbocycles. The van der Waals surface area contributed by atoms with Crippen molar-refractivity contribution in [2.24, 2.45) is 5.92 Å². The molecular formula is C54H104O6. The Hall–Kier alpha value is -1.59. The molecule has 0 fully saturated rings. The summed E-state index contributed by atoms with van der Waals surface area (Å²) < 4.78 is 16.8. The fourth-order valence-electron chi connectivity index (χ4n) is 8.19. The number of unbranched alkanes of at least 4 members (excludes halogenated alkanes) is 35. The van der Waals surface area contributed by atoms with Crippen LogP contribution in [-0.2, 0) is 28.6 Å². The van der Waals surface area contributed by atoms with E-state index in [0.717, 1.165) is 63.7 Å². The van der Waals surface area contributed by atoms with Crippen molar-refractivity contribution in [3.63, 3.8) is 0 Å². The number of esters is 3. The monoisotopic (exact) mass is 849 g/mol.